The molecule has 21 heavy (non-hydrogen) atoms. The molecule has 0 spiro atoms. The Hall–Kier alpha value is -2.60. The molecule has 4 nitrogen and oxygen atoms in total. The van der Waals surface area contributed by atoms with Crippen molar-refractivity contribution in [1.82, 2.24) is 19.4 Å². The first-order valence-electron chi connectivity index (χ1n) is 6.31. The number of imidazole rings is 1. The summed E-state index contributed by atoms with van der Waals surface area (Å²) in [6.07, 6.45) is 5.16. The molecule has 1 aromatic carbocycles. The Morgan fingerprint density at radius 1 is 1.10 bits per heavy atom. The van der Waals surface area contributed by atoms with E-state index in [9.17, 15) is 4.39 Å². The molecule has 0 bridgehead atoms. The van der Waals surface area contributed by atoms with E-state index in [1.54, 1.807) is 29.7 Å². The fraction of sp³-hybridized carbons (Fsp3) is 0. The van der Waals surface area contributed by atoms with Crippen LogP contribution in [-0.2, 0) is 0 Å². The number of rotatable bonds is 2. The average Bonchev–Trinajstić information content (AvgIpc) is 3.09. The van der Waals surface area contributed by atoms with Gasteiger partial charge in [-0.15, -0.1) is 11.3 Å². The van der Waals surface area contributed by atoms with Gasteiger partial charge in [-0.2, -0.15) is 0 Å². The van der Waals surface area contributed by atoms with Gasteiger partial charge >= 0.3 is 0 Å². The van der Waals surface area contributed by atoms with Gasteiger partial charge in [-0.3, -0.25) is 4.40 Å². The standard InChI is InChI=1S/C15H9FN4S/c16-11-3-1-10(2-4-11)13-14(12-5-6-17-9-18-12)20-7-8-21-15(20)19-13/h1-9H. The fourth-order valence-electron chi connectivity index (χ4n) is 2.27. The zero-order valence-corrected chi connectivity index (χ0v) is 11.6. The lowest BCUT2D eigenvalue weighted by molar-refractivity contribution is 0.628. The first-order valence-corrected chi connectivity index (χ1v) is 7.19. The summed E-state index contributed by atoms with van der Waals surface area (Å²) in [4.78, 5) is 13.8. The number of nitrogens with zero attached hydrogens (tertiary/aromatic N) is 4. The van der Waals surface area contributed by atoms with Crippen LogP contribution in [0, 0.1) is 5.82 Å². The number of thiazole rings is 1. The average molecular weight is 296 g/mol. The van der Waals surface area contributed by atoms with Crippen molar-refractivity contribution in [2.45, 2.75) is 0 Å². The minimum Gasteiger partial charge on any atom is -0.288 e. The van der Waals surface area contributed by atoms with E-state index in [1.165, 1.54) is 18.5 Å². The van der Waals surface area contributed by atoms with E-state index in [1.807, 2.05) is 22.0 Å². The zero-order valence-electron chi connectivity index (χ0n) is 10.8. The van der Waals surface area contributed by atoms with Crippen molar-refractivity contribution < 1.29 is 4.39 Å². The second-order valence-electron chi connectivity index (χ2n) is 4.47. The molecule has 0 fully saturated rings. The molecule has 0 radical (unpaired) electrons. The minimum absolute atomic E-state index is 0.261. The zero-order chi connectivity index (χ0) is 14.2. The number of aromatic nitrogens is 4. The Kier molecular flexibility index (Phi) is 2.75. The molecule has 0 atom stereocenters. The normalized spacial score (nSPS) is 11.1. The Labute approximate surface area is 123 Å². The van der Waals surface area contributed by atoms with Crippen molar-refractivity contribution in [3.8, 4) is 22.6 Å². The molecule has 0 saturated carbocycles. The van der Waals surface area contributed by atoms with Crippen LogP contribution in [0.3, 0.4) is 0 Å². The highest BCUT2D eigenvalue weighted by atomic mass is 32.1. The monoisotopic (exact) mass is 296 g/mol. The predicted molar refractivity (Wildman–Crippen MR) is 79.5 cm³/mol. The lowest BCUT2D eigenvalue weighted by Gasteiger charge is -2.03. The van der Waals surface area contributed by atoms with E-state index in [-0.39, 0.29) is 5.82 Å². The molecule has 0 amide bonds. The Morgan fingerprint density at radius 2 is 1.95 bits per heavy atom. The van der Waals surface area contributed by atoms with Crippen LogP contribution in [0.1, 0.15) is 0 Å². The van der Waals surface area contributed by atoms with Crippen LogP contribution in [0.25, 0.3) is 27.6 Å². The highest BCUT2D eigenvalue weighted by molar-refractivity contribution is 7.15. The molecule has 0 N–H and O–H groups in total. The maximum Gasteiger partial charge on any atom is 0.194 e. The first kappa shape index (κ1) is 12.2. The molecule has 0 aliphatic rings. The summed E-state index contributed by atoms with van der Waals surface area (Å²) >= 11 is 1.55. The summed E-state index contributed by atoms with van der Waals surface area (Å²) in [5, 5.41) is 1.97. The molecule has 0 saturated heterocycles. The summed E-state index contributed by atoms with van der Waals surface area (Å²) in [7, 11) is 0. The summed E-state index contributed by atoms with van der Waals surface area (Å²) in [6, 6.07) is 8.17. The van der Waals surface area contributed by atoms with Gasteiger partial charge in [0.25, 0.3) is 0 Å². The minimum atomic E-state index is -0.261. The number of benzene rings is 1. The van der Waals surface area contributed by atoms with Gasteiger partial charge in [-0.1, -0.05) is 0 Å². The highest BCUT2D eigenvalue weighted by Gasteiger charge is 2.17. The van der Waals surface area contributed by atoms with Gasteiger partial charge in [0.1, 0.15) is 17.8 Å². The van der Waals surface area contributed by atoms with E-state index >= 15 is 0 Å². The largest absolute Gasteiger partial charge is 0.288 e. The summed E-state index contributed by atoms with van der Waals surface area (Å²) in [5.74, 6) is -0.261. The van der Waals surface area contributed by atoms with Crippen LogP contribution in [0.2, 0.25) is 0 Å². The second-order valence-corrected chi connectivity index (χ2v) is 5.34. The van der Waals surface area contributed by atoms with Crippen LogP contribution in [-0.4, -0.2) is 19.4 Å². The van der Waals surface area contributed by atoms with Crippen molar-refractivity contribution in [3.05, 3.63) is 60.3 Å². The van der Waals surface area contributed by atoms with Crippen LogP contribution in [0.5, 0.6) is 0 Å². The molecule has 6 heteroatoms. The molecule has 4 aromatic rings. The van der Waals surface area contributed by atoms with E-state index < -0.39 is 0 Å². The van der Waals surface area contributed by atoms with E-state index in [0.717, 1.165) is 27.6 Å². The van der Waals surface area contributed by atoms with Gasteiger partial charge in [0, 0.05) is 23.3 Å². The lowest BCUT2D eigenvalue weighted by atomic mass is 10.1. The van der Waals surface area contributed by atoms with Crippen LogP contribution in [0.4, 0.5) is 4.39 Å². The summed E-state index contributed by atoms with van der Waals surface area (Å²) < 4.78 is 15.1. The Bertz CT molecular complexity index is 896. The molecule has 3 heterocycles. The quantitative estimate of drug-likeness (QED) is 0.567. The van der Waals surface area contributed by atoms with Gasteiger partial charge in [0.15, 0.2) is 4.96 Å². The van der Waals surface area contributed by atoms with Crippen molar-refractivity contribution in [2.24, 2.45) is 0 Å². The van der Waals surface area contributed by atoms with E-state index in [2.05, 4.69) is 15.0 Å². The SMILES string of the molecule is Fc1ccc(-c2nc3sccn3c2-c2ccncn2)cc1. The van der Waals surface area contributed by atoms with Gasteiger partial charge < -0.3 is 0 Å². The van der Waals surface area contributed by atoms with Crippen LogP contribution >= 0.6 is 11.3 Å². The van der Waals surface area contributed by atoms with Crippen molar-refractivity contribution in [1.29, 1.82) is 0 Å². The topological polar surface area (TPSA) is 43.1 Å². The summed E-state index contributed by atoms with van der Waals surface area (Å²) in [6.45, 7) is 0. The Balaban J connectivity index is 2.01. The highest BCUT2D eigenvalue weighted by Crippen LogP contribution is 2.32. The smallest absolute Gasteiger partial charge is 0.194 e. The molecule has 0 aliphatic heterocycles. The first-order chi connectivity index (χ1) is 10.3. The molecular weight excluding hydrogens is 287 g/mol. The van der Waals surface area contributed by atoms with E-state index in [4.69, 9.17) is 0 Å². The fourth-order valence-corrected chi connectivity index (χ4v) is 2.98. The third-order valence-electron chi connectivity index (χ3n) is 3.20. The van der Waals surface area contributed by atoms with Crippen LogP contribution in [0.15, 0.2) is 54.4 Å². The summed E-state index contributed by atoms with van der Waals surface area (Å²) in [5.41, 5.74) is 3.33. The molecular formula is C15H9FN4S. The molecule has 3 aromatic heterocycles. The van der Waals surface area contributed by atoms with Gasteiger partial charge in [-0.25, -0.2) is 19.3 Å². The van der Waals surface area contributed by atoms with Crippen molar-refractivity contribution in [3.63, 3.8) is 0 Å². The number of halogens is 1. The maximum atomic E-state index is 13.1. The predicted octanol–water partition coefficient (Wildman–Crippen LogP) is 3.66. The maximum absolute atomic E-state index is 13.1. The van der Waals surface area contributed by atoms with Crippen molar-refractivity contribution >= 4 is 16.3 Å². The lowest BCUT2D eigenvalue weighted by Crippen LogP contribution is -1.91. The van der Waals surface area contributed by atoms with Gasteiger partial charge in [0.05, 0.1) is 11.4 Å². The van der Waals surface area contributed by atoms with Gasteiger partial charge in [-0.05, 0) is 30.3 Å². The molecule has 0 aliphatic carbocycles. The van der Waals surface area contributed by atoms with E-state index in [0.29, 0.717) is 0 Å². The Morgan fingerprint density at radius 3 is 2.71 bits per heavy atom. The number of fused-ring (bicyclic) bond motifs is 1. The molecule has 102 valence electrons. The number of hydrogen-bond donors (Lipinski definition) is 0. The molecule has 0 unspecified atom stereocenters. The third-order valence-corrected chi connectivity index (χ3v) is 3.96. The number of hydrogen-bond acceptors (Lipinski definition) is 4. The molecule has 4 rings (SSSR count). The van der Waals surface area contributed by atoms with Crippen LogP contribution < -0.4 is 0 Å². The second kappa shape index (κ2) is 4.75. The van der Waals surface area contributed by atoms with Crippen molar-refractivity contribution in [2.75, 3.05) is 0 Å². The van der Waals surface area contributed by atoms with Gasteiger partial charge in [0.2, 0.25) is 0 Å². The third kappa shape index (κ3) is 2.00.